The summed E-state index contributed by atoms with van der Waals surface area (Å²) >= 11 is 6.27. The molecule has 0 spiro atoms. The number of nitrogens with zero attached hydrogens (tertiary/aromatic N) is 2. The van der Waals surface area contributed by atoms with Crippen LogP contribution in [0.4, 0.5) is 0 Å². The molecule has 0 bridgehead atoms. The first-order valence-corrected chi connectivity index (χ1v) is 10.1. The van der Waals surface area contributed by atoms with Gasteiger partial charge in [-0.05, 0) is 54.5 Å². The van der Waals surface area contributed by atoms with E-state index >= 15 is 0 Å². The summed E-state index contributed by atoms with van der Waals surface area (Å²) in [6, 6.07) is 9.76. The third-order valence-electron chi connectivity index (χ3n) is 4.03. The quantitative estimate of drug-likeness (QED) is 0.497. The van der Waals surface area contributed by atoms with E-state index in [-0.39, 0.29) is 4.32 Å². The Morgan fingerprint density at radius 2 is 2.07 bits per heavy atom. The number of aromatic nitrogens is 1. The predicted octanol–water partition coefficient (Wildman–Crippen LogP) is 2.87. The number of hydrazine groups is 1. The number of hydrogen-bond acceptors (Lipinski definition) is 7. The van der Waals surface area contributed by atoms with Crippen molar-refractivity contribution in [3.8, 4) is 5.75 Å². The van der Waals surface area contributed by atoms with Gasteiger partial charge in [-0.1, -0.05) is 30.8 Å². The number of aliphatic carboxylic acids is 1. The fourth-order valence-corrected chi connectivity index (χ4v) is 3.71. The van der Waals surface area contributed by atoms with E-state index in [1.807, 2.05) is 0 Å². The second-order valence-electron chi connectivity index (χ2n) is 6.12. The van der Waals surface area contributed by atoms with Crippen LogP contribution in [0, 0.1) is 0 Å². The molecule has 0 saturated carbocycles. The molecule has 1 fully saturated rings. The number of benzene rings is 1. The summed E-state index contributed by atoms with van der Waals surface area (Å²) in [6.45, 7) is 1.72. The molecule has 2 N–H and O–H groups in total. The van der Waals surface area contributed by atoms with Crippen LogP contribution >= 0.6 is 24.0 Å². The van der Waals surface area contributed by atoms with Crippen molar-refractivity contribution in [3.63, 3.8) is 0 Å². The highest BCUT2D eigenvalue weighted by Crippen LogP contribution is 2.32. The second kappa shape index (κ2) is 9.51. The van der Waals surface area contributed by atoms with Gasteiger partial charge in [-0.25, -0.2) is 4.79 Å². The summed E-state index contributed by atoms with van der Waals surface area (Å²) in [5, 5.41) is 10.2. The van der Waals surface area contributed by atoms with E-state index in [2.05, 4.69) is 10.4 Å². The van der Waals surface area contributed by atoms with Gasteiger partial charge in [-0.3, -0.25) is 20.0 Å². The minimum Gasteiger partial charge on any atom is -0.479 e. The van der Waals surface area contributed by atoms with Gasteiger partial charge in [0, 0.05) is 18.0 Å². The lowest BCUT2D eigenvalue weighted by molar-refractivity contribution is -0.145. The Balaban J connectivity index is 1.74. The van der Waals surface area contributed by atoms with Gasteiger partial charge in [0.15, 0.2) is 10.4 Å². The van der Waals surface area contributed by atoms with Gasteiger partial charge < -0.3 is 9.84 Å². The lowest BCUT2D eigenvalue weighted by Crippen LogP contribution is -2.44. The highest BCUT2D eigenvalue weighted by molar-refractivity contribution is 8.26. The van der Waals surface area contributed by atoms with Gasteiger partial charge in [-0.15, -0.1) is 0 Å². The minimum absolute atomic E-state index is 0.193. The third-order valence-corrected chi connectivity index (χ3v) is 5.33. The Kier molecular flexibility index (Phi) is 6.80. The molecule has 154 valence electrons. The normalized spacial score (nSPS) is 15.9. The molecule has 0 radical (unpaired) electrons. The topological polar surface area (TPSA) is 109 Å². The maximum Gasteiger partial charge on any atom is 0.344 e. The van der Waals surface area contributed by atoms with Gasteiger partial charge in [0.1, 0.15) is 5.75 Å². The molecule has 3 rings (SSSR count). The molecule has 1 saturated heterocycles. The summed E-state index contributed by atoms with van der Waals surface area (Å²) in [5.41, 5.74) is 3.47. The molecule has 1 unspecified atom stereocenters. The molecule has 8 nitrogen and oxygen atoms in total. The van der Waals surface area contributed by atoms with Crippen molar-refractivity contribution in [3.05, 3.63) is 64.8 Å². The van der Waals surface area contributed by atoms with Gasteiger partial charge in [0.2, 0.25) is 0 Å². The molecule has 2 aromatic rings. The van der Waals surface area contributed by atoms with Gasteiger partial charge in [0.05, 0.1) is 4.91 Å². The zero-order valence-electron chi connectivity index (χ0n) is 15.8. The van der Waals surface area contributed by atoms with Crippen LogP contribution in [0.2, 0.25) is 0 Å². The number of rotatable bonds is 7. The van der Waals surface area contributed by atoms with Crippen molar-refractivity contribution in [1.29, 1.82) is 0 Å². The second-order valence-corrected chi connectivity index (χ2v) is 7.80. The molecule has 1 aromatic carbocycles. The van der Waals surface area contributed by atoms with E-state index in [1.165, 1.54) is 24.5 Å². The number of thioether (sulfide) groups is 1. The van der Waals surface area contributed by atoms with E-state index in [1.54, 1.807) is 37.3 Å². The van der Waals surface area contributed by atoms with E-state index in [0.717, 1.165) is 16.8 Å². The molecule has 0 aliphatic carbocycles. The Hall–Kier alpha value is -3.24. The first-order chi connectivity index (χ1) is 14.4. The molecule has 30 heavy (non-hydrogen) atoms. The van der Waals surface area contributed by atoms with Crippen LogP contribution in [0.15, 0.2) is 53.7 Å². The average Bonchev–Trinajstić information content (AvgIpc) is 3.00. The minimum atomic E-state index is -1.05. The molecule has 10 heteroatoms. The average molecular weight is 444 g/mol. The zero-order valence-corrected chi connectivity index (χ0v) is 17.4. The van der Waals surface area contributed by atoms with Crippen LogP contribution in [-0.2, 0) is 9.59 Å². The molecule has 2 amide bonds. The highest BCUT2D eigenvalue weighted by Gasteiger charge is 2.33. The van der Waals surface area contributed by atoms with Crippen LogP contribution in [0.25, 0.3) is 6.08 Å². The number of nitrogens with one attached hydrogen (secondary N) is 1. The SMILES string of the molecule is CCC(Oc1cccc(/C=C2/SC(=S)N(NC(=O)c3ccncc3)C2=O)c1)C(=O)O. The lowest BCUT2D eigenvalue weighted by atomic mass is 10.2. The number of carbonyl (C=O) groups is 3. The van der Waals surface area contributed by atoms with Crippen molar-refractivity contribution in [2.75, 3.05) is 0 Å². The molecular weight excluding hydrogens is 426 g/mol. The predicted molar refractivity (Wildman–Crippen MR) is 116 cm³/mol. The summed E-state index contributed by atoms with van der Waals surface area (Å²) in [5.74, 6) is -1.62. The standard InChI is InChI=1S/C20H17N3O5S2/c1-2-15(19(26)27)28-14-5-3-4-12(10-14)11-16-18(25)23(20(29)30-16)22-17(24)13-6-8-21-9-7-13/h3-11,15H,2H2,1H3,(H,22,24)(H,26,27)/b16-11+. The Morgan fingerprint density at radius 1 is 1.33 bits per heavy atom. The van der Waals surface area contributed by atoms with Gasteiger partial charge in [0.25, 0.3) is 11.8 Å². The number of carboxylic acid groups (broad SMARTS) is 1. The first-order valence-electron chi connectivity index (χ1n) is 8.87. The van der Waals surface area contributed by atoms with Crippen LogP contribution in [0.5, 0.6) is 5.75 Å². The van der Waals surface area contributed by atoms with E-state index < -0.39 is 23.9 Å². The van der Waals surface area contributed by atoms with E-state index in [4.69, 9.17) is 22.1 Å². The van der Waals surface area contributed by atoms with Gasteiger partial charge in [-0.2, -0.15) is 5.01 Å². The lowest BCUT2D eigenvalue weighted by Gasteiger charge is -2.15. The maximum atomic E-state index is 12.7. The van der Waals surface area contributed by atoms with Crippen molar-refractivity contribution in [2.45, 2.75) is 19.4 Å². The largest absolute Gasteiger partial charge is 0.479 e. The molecular formula is C20H17N3O5S2. The van der Waals surface area contributed by atoms with Crippen LogP contribution < -0.4 is 10.2 Å². The summed E-state index contributed by atoms with van der Waals surface area (Å²) in [6.07, 6.45) is 3.91. The number of carboxylic acids is 1. The molecule has 1 aliphatic heterocycles. The Labute approximate surface area is 181 Å². The first kappa shape index (κ1) is 21.5. The Morgan fingerprint density at radius 3 is 2.73 bits per heavy atom. The fourth-order valence-electron chi connectivity index (χ4n) is 2.54. The fraction of sp³-hybridized carbons (Fsp3) is 0.150. The van der Waals surface area contributed by atoms with Crippen molar-refractivity contribution in [1.82, 2.24) is 15.4 Å². The summed E-state index contributed by atoms with van der Waals surface area (Å²) in [7, 11) is 0. The number of amides is 2. The van der Waals surface area contributed by atoms with Gasteiger partial charge >= 0.3 is 5.97 Å². The van der Waals surface area contributed by atoms with Crippen LogP contribution in [0.3, 0.4) is 0 Å². The molecule has 1 aromatic heterocycles. The van der Waals surface area contributed by atoms with Crippen LogP contribution in [0.1, 0.15) is 29.3 Å². The molecule has 1 atom stereocenters. The molecule has 1 aliphatic rings. The number of pyridine rings is 1. The van der Waals surface area contributed by atoms with Crippen molar-refractivity contribution in [2.24, 2.45) is 0 Å². The van der Waals surface area contributed by atoms with Crippen LogP contribution in [-0.4, -0.2) is 43.3 Å². The molecule has 2 heterocycles. The van der Waals surface area contributed by atoms with Crippen molar-refractivity contribution < 1.29 is 24.2 Å². The number of ether oxygens (including phenoxy) is 1. The smallest absolute Gasteiger partial charge is 0.344 e. The Bertz CT molecular complexity index is 1030. The number of thiocarbonyl (C=S) groups is 1. The monoisotopic (exact) mass is 443 g/mol. The number of hydrogen-bond donors (Lipinski definition) is 2. The summed E-state index contributed by atoms with van der Waals surface area (Å²) in [4.78, 5) is 40.3. The summed E-state index contributed by atoms with van der Waals surface area (Å²) < 4.78 is 5.67. The van der Waals surface area contributed by atoms with E-state index in [9.17, 15) is 14.4 Å². The maximum absolute atomic E-state index is 12.7. The van der Waals surface area contributed by atoms with E-state index in [0.29, 0.717) is 28.2 Å². The van der Waals surface area contributed by atoms with Crippen molar-refractivity contribution >= 4 is 52.2 Å². The zero-order chi connectivity index (χ0) is 21.7. The highest BCUT2D eigenvalue weighted by atomic mass is 32.2. The number of carbonyl (C=O) groups excluding carboxylic acids is 2. The third kappa shape index (κ3) is 5.02.